The molecule has 33 heavy (non-hydrogen) atoms. The number of aliphatic hydroxyl groups excluding tert-OH is 1. The van der Waals surface area contributed by atoms with Crippen LogP contribution in [0.2, 0.25) is 0 Å². The van der Waals surface area contributed by atoms with Gasteiger partial charge in [0.2, 0.25) is 0 Å². The minimum atomic E-state index is -0.0108. The van der Waals surface area contributed by atoms with Gasteiger partial charge in [0.15, 0.2) is 0 Å². The number of aromatic nitrogens is 2. The Balaban J connectivity index is 1.44. The molecule has 0 aliphatic carbocycles. The van der Waals surface area contributed by atoms with Crippen LogP contribution in [0.15, 0.2) is 65.1 Å². The Morgan fingerprint density at radius 2 is 1.79 bits per heavy atom. The van der Waals surface area contributed by atoms with Crippen LogP contribution >= 0.6 is 0 Å². The van der Waals surface area contributed by atoms with Crippen LogP contribution in [0.25, 0.3) is 33.6 Å². The topological polar surface area (TPSA) is 74.7 Å². The smallest absolute Gasteiger partial charge is 0.272 e. The van der Waals surface area contributed by atoms with E-state index in [2.05, 4.69) is 10.00 Å². The number of amides is 1. The second-order valence-corrected chi connectivity index (χ2v) is 8.44. The van der Waals surface area contributed by atoms with E-state index < -0.39 is 0 Å². The number of carbonyl (C=O) groups is 1. The molecule has 0 spiro atoms. The molecule has 7 nitrogen and oxygen atoms in total. The molecule has 170 valence electrons. The molecule has 0 saturated carbocycles. The summed E-state index contributed by atoms with van der Waals surface area (Å²) >= 11 is 0. The van der Waals surface area contributed by atoms with Crippen LogP contribution in [-0.2, 0) is 7.05 Å². The van der Waals surface area contributed by atoms with Crippen molar-refractivity contribution in [2.75, 3.05) is 39.3 Å². The van der Waals surface area contributed by atoms with Gasteiger partial charge in [0.25, 0.3) is 5.91 Å². The number of carbonyl (C=O) groups excluding carboxylic acids is 1. The third-order valence-electron chi connectivity index (χ3n) is 6.28. The highest BCUT2D eigenvalue weighted by molar-refractivity contribution is 5.95. The highest BCUT2D eigenvalue weighted by Gasteiger charge is 2.24. The number of fused-ring (bicyclic) bond motifs is 1. The summed E-state index contributed by atoms with van der Waals surface area (Å²) in [4.78, 5) is 17.4. The lowest BCUT2D eigenvalue weighted by Gasteiger charge is -2.21. The number of aryl methyl sites for hydroxylation is 1. The van der Waals surface area contributed by atoms with Gasteiger partial charge < -0.3 is 14.4 Å². The molecule has 1 saturated heterocycles. The number of β-amino-alcohol motifs (C(OH)–C–C–N with tert-alkyl or cyclic N) is 1. The van der Waals surface area contributed by atoms with Crippen molar-refractivity contribution >= 4 is 16.9 Å². The van der Waals surface area contributed by atoms with E-state index in [1.165, 1.54) is 0 Å². The van der Waals surface area contributed by atoms with E-state index in [1.54, 1.807) is 4.68 Å². The molecule has 0 unspecified atom stereocenters. The molecule has 0 atom stereocenters. The predicted octanol–water partition coefficient (Wildman–Crippen LogP) is 3.64. The molecule has 0 bridgehead atoms. The van der Waals surface area contributed by atoms with Crippen molar-refractivity contribution in [3.63, 3.8) is 0 Å². The van der Waals surface area contributed by atoms with Crippen molar-refractivity contribution in [3.05, 3.63) is 66.4 Å². The van der Waals surface area contributed by atoms with Crippen LogP contribution in [0.4, 0.5) is 0 Å². The van der Waals surface area contributed by atoms with E-state index in [-0.39, 0.29) is 12.5 Å². The second kappa shape index (κ2) is 9.21. The van der Waals surface area contributed by atoms with Gasteiger partial charge in [0, 0.05) is 49.7 Å². The van der Waals surface area contributed by atoms with Crippen LogP contribution < -0.4 is 0 Å². The monoisotopic (exact) mass is 444 g/mol. The number of furan rings is 1. The summed E-state index contributed by atoms with van der Waals surface area (Å²) in [6.45, 7) is 3.81. The number of nitrogens with zero attached hydrogens (tertiary/aromatic N) is 4. The molecular formula is C26H28N4O3. The maximum absolute atomic E-state index is 13.3. The fraction of sp³-hybridized carbons (Fsp3) is 0.308. The second-order valence-electron chi connectivity index (χ2n) is 8.44. The number of benzene rings is 2. The Labute approximate surface area is 192 Å². The Morgan fingerprint density at radius 1 is 1.00 bits per heavy atom. The zero-order chi connectivity index (χ0) is 22.8. The Morgan fingerprint density at radius 3 is 2.61 bits per heavy atom. The van der Waals surface area contributed by atoms with Crippen molar-refractivity contribution in [2.45, 2.75) is 6.42 Å². The minimum Gasteiger partial charge on any atom is -0.456 e. The zero-order valence-corrected chi connectivity index (χ0v) is 18.8. The summed E-state index contributed by atoms with van der Waals surface area (Å²) < 4.78 is 7.78. The first-order chi connectivity index (χ1) is 16.1. The van der Waals surface area contributed by atoms with Crippen LogP contribution in [-0.4, -0.2) is 69.9 Å². The first kappa shape index (κ1) is 21.4. The number of aliphatic hydroxyl groups is 1. The first-order valence-corrected chi connectivity index (χ1v) is 11.4. The van der Waals surface area contributed by atoms with E-state index in [9.17, 15) is 9.90 Å². The van der Waals surface area contributed by atoms with Crippen molar-refractivity contribution in [1.82, 2.24) is 19.6 Å². The predicted molar refractivity (Wildman–Crippen MR) is 128 cm³/mol. The minimum absolute atomic E-state index is 0.0108. The molecular weight excluding hydrogens is 416 g/mol. The van der Waals surface area contributed by atoms with Crippen LogP contribution in [0, 0.1) is 0 Å². The first-order valence-electron chi connectivity index (χ1n) is 11.4. The van der Waals surface area contributed by atoms with Gasteiger partial charge in [-0.3, -0.25) is 14.4 Å². The van der Waals surface area contributed by atoms with Gasteiger partial charge >= 0.3 is 0 Å². The van der Waals surface area contributed by atoms with Crippen LogP contribution in [0.1, 0.15) is 16.9 Å². The highest BCUT2D eigenvalue weighted by atomic mass is 16.3. The number of rotatable bonds is 5. The lowest BCUT2D eigenvalue weighted by atomic mass is 10.0. The van der Waals surface area contributed by atoms with E-state index in [0.29, 0.717) is 25.3 Å². The third kappa shape index (κ3) is 4.29. The van der Waals surface area contributed by atoms with Crippen molar-refractivity contribution in [1.29, 1.82) is 0 Å². The SMILES string of the molecule is Cn1nc(-c2ccccc2-c2cc3ccccc3o2)cc1C(=O)N1CCCN(CCO)CC1. The van der Waals surface area contributed by atoms with Gasteiger partial charge in [-0.1, -0.05) is 42.5 Å². The summed E-state index contributed by atoms with van der Waals surface area (Å²) in [6, 6.07) is 19.9. The number of hydrogen-bond donors (Lipinski definition) is 1. The summed E-state index contributed by atoms with van der Waals surface area (Å²) in [7, 11) is 1.82. The van der Waals surface area contributed by atoms with Crippen LogP contribution in [0.3, 0.4) is 0 Å². The summed E-state index contributed by atoms with van der Waals surface area (Å²) in [6.07, 6.45) is 0.894. The molecule has 1 aliphatic rings. The third-order valence-corrected chi connectivity index (χ3v) is 6.28. The normalized spacial score (nSPS) is 15.2. The molecule has 3 heterocycles. The number of hydrogen-bond acceptors (Lipinski definition) is 5. The maximum Gasteiger partial charge on any atom is 0.272 e. The largest absolute Gasteiger partial charge is 0.456 e. The van der Waals surface area contributed by atoms with Crippen molar-refractivity contribution < 1.29 is 14.3 Å². The standard InChI is InChI=1S/C26H28N4O3/c1-28-23(26(32)30-12-6-11-29(13-14-30)15-16-31)18-22(27-28)20-8-3-4-9-21(20)25-17-19-7-2-5-10-24(19)33-25/h2-5,7-10,17-18,31H,6,11-16H2,1H3. The molecule has 1 N–H and O–H groups in total. The summed E-state index contributed by atoms with van der Waals surface area (Å²) in [5.74, 6) is 0.769. The molecule has 0 radical (unpaired) electrons. The van der Waals surface area contributed by atoms with E-state index >= 15 is 0 Å². The quantitative estimate of drug-likeness (QED) is 0.509. The summed E-state index contributed by atoms with van der Waals surface area (Å²) in [5, 5.41) is 15.0. The lowest BCUT2D eigenvalue weighted by molar-refractivity contribution is 0.0749. The fourth-order valence-corrected chi connectivity index (χ4v) is 4.54. The molecule has 5 rings (SSSR count). The van der Waals surface area contributed by atoms with Gasteiger partial charge in [-0.15, -0.1) is 0 Å². The van der Waals surface area contributed by atoms with Crippen molar-refractivity contribution in [2.24, 2.45) is 7.05 Å². The average Bonchev–Trinajstić information content (AvgIpc) is 3.36. The van der Waals surface area contributed by atoms with Crippen LogP contribution in [0.5, 0.6) is 0 Å². The molecule has 2 aromatic heterocycles. The molecule has 1 amide bonds. The maximum atomic E-state index is 13.3. The van der Waals surface area contributed by atoms with Gasteiger partial charge in [0.1, 0.15) is 17.0 Å². The average molecular weight is 445 g/mol. The molecule has 2 aromatic carbocycles. The van der Waals surface area contributed by atoms with Crippen molar-refractivity contribution in [3.8, 4) is 22.6 Å². The Bertz CT molecular complexity index is 1240. The Kier molecular flexibility index (Phi) is 5.98. The van der Waals surface area contributed by atoms with E-state index in [0.717, 1.165) is 53.1 Å². The zero-order valence-electron chi connectivity index (χ0n) is 18.8. The van der Waals surface area contributed by atoms with Gasteiger partial charge in [-0.25, -0.2) is 0 Å². The Hall–Kier alpha value is -3.42. The summed E-state index contributed by atoms with van der Waals surface area (Å²) in [5.41, 5.74) is 4.03. The van der Waals surface area contributed by atoms with E-state index in [1.807, 2.05) is 72.6 Å². The fourth-order valence-electron chi connectivity index (χ4n) is 4.54. The van der Waals surface area contributed by atoms with Gasteiger partial charge in [-0.05, 0) is 31.2 Å². The molecule has 1 fully saturated rings. The molecule has 4 aromatic rings. The number of para-hydroxylation sites is 1. The highest BCUT2D eigenvalue weighted by Crippen LogP contribution is 2.35. The molecule has 1 aliphatic heterocycles. The lowest BCUT2D eigenvalue weighted by Crippen LogP contribution is -2.36. The van der Waals surface area contributed by atoms with E-state index in [4.69, 9.17) is 4.42 Å². The van der Waals surface area contributed by atoms with Gasteiger partial charge in [0.05, 0.1) is 12.3 Å². The van der Waals surface area contributed by atoms with Gasteiger partial charge in [-0.2, -0.15) is 5.10 Å². The molecule has 7 heteroatoms.